The summed E-state index contributed by atoms with van der Waals surface area (Å²) < 4.78 is 2.18. The molecule has 0 saturated carbocycles. The number of hydrogen-bond donors (Lipinski definition) is 1. The van der Waals surface area contributed by atoms with Gasteiger partial charge in [0.1, 0.15) is 0 Å². The molecule has 2 heteroatoms. The Morgan fingerprint density at radius 1 is 0.833 bits per heavy atom. The molecule has 0 unspecified atom stereocenters. The van der Waals surface area contributed by atoms with Crippen LogP contribution >= 0.6 is 12.6 Å². The molecule has 1 aromatic heterocycles. The minimum absolute atomic E-state index is 0.874. The Kier molecular flexibility index (Phi) is 3.03. The summed E-state index contributed by atoms with van der Waals surface area (Å²) in [4.78, 5) is 1.02. The fourth-order valence-corrected chi connectivity index (χ4v) is 2.52. The highest BCUT2D eigenvalue weighted by atomic mass is 32.1. The Hall–Kier alpha value is -1.80. The predicted octanol–water partition coefficient (Wildman–Crippen LogP) is 3.46. The third kappa shape index (κ3) is 2.24. The summed E-state index contributed by atoms with van der Waals surface area (Å²) in [5.41, 5.74) is 1.30. The average molecular weight is 252 g/mol. The quantitative estimate of drug-likeness (QED) is 0.526. The Labute approximate surface area is 112 Å². The zero-order valence-electron chi connectivity index (χ0n) is 9.95. The Bertz CT molecular complexity index is 677. The minimum atomic E-state index is 0.874. The number of fused-ring (bicyclic) bond motifs is 1. The number of pyridine rings is 1. The first-order chi connectivity index (χ1) is 8.83. The van der Waals surface area contributed by atoms with E-state index < -0.39 is 0 Å². The van der Waals surface area contributed by atoms with Crippen molar-refractivity contribution in [3.8, 4) is 0 Å². The van der Waals surface area contributed by atoms with Crippen molar-refractivity contribution in [1.82, 2.24) is 0 Å². The molecule has 0 spiro atoms. The summed E-state index contributed by atoms with van der Waals surface area (Å²) in [5, 5.41) is 2.42. The molecule has 88 valence electrons. The predicted molar refractivity (Wildman–Crippen MR) is 76.9 cm³/mol. The van der Waals surface area contributed by atoms with E-state index >= 15 is 0 Å². The lowest BCUT2D eigenvalue weighted by molar-refractivity contribution is -0.688. The molecule has 0 atom stereocenters. The second-order valence-corrected chi connectivity index (χ2v) is 4.87. The lowest BCUT2D eigenvalue weighted by atomic mass is 10.1. The van der Waals surface area contributed by atoms with Gasteiger partial charge in [-0.25, -0.2) is 0 Å². The summed E-state index contributed by atoms with van der Waals surface area (Å²) in [6, 6.07) is 18.8. The van der Waals surface area contributed by atoms with Crippen LogP contribution in [0.1, 0.15) is 5.56 Å². The first-order valence-electron chi connectivity index (χ1n) is 5.98. The van der Waals surface area contributed by atoms with Gasteiger partial charge in [-0.3, -0.25) is 0 Å². The number of hydrogen-bond acceptors (Lipinski definition) is 1. The van der Waals surface area contributed by atoms with Crippen molar-refractivity contribution in [1.29, 1.82) is 0 Å². The molecule has 1 heterocycles. The third-order valence-corrected chi connectivity index (χ3v) is 3.39. The number of benzene rings is 2. The SMILES string of the molecule is Sc1c[n+](Cc2ccccc2)cc2ccccc12. The van der Waals surface area contributed by atoms with Crippen LogP contribution in [-0.2, 0) is 6.54 Å². The van der Waals surface area contributed by atoms with E-state index in [2.05, 4.69) is 72.1 Å². The van der Waals surface area contributed by atoms with Crippen molar-refractivity contribution in [2.45, 2.75) is 11.4 Å². The van der Waals surface area contributed by atoms with Gasteiger partial charge >= 0.3 is 0 Å². The van der Waals surface area contributed by atoms with Gasteiger partial charge in [0.2, 0.25) is 0 Å². The molecule has 0 N–H and O–H groups in total. The lowest BCUT2D eigenvalue weighted by Crippen LogP contribution is -2.33. The summed E-state index contributed by atoms with van der Waals surface area (Å²) in [5.74, 6) is 0. The van der Waals surface area contributed by atoms with Crippen LogP contribution in [0.3, 0.4) is 0 Å². The van der Waals surface area contributed by atoms with Crippen LogP contribution in [0.2, 0.25) is 0 Å². The monoisotopic (exact) mass is 252 g/mol. The van der Waals surface area contributed by atoms with Gasteiger partial charge in [-0.05, 0) is 6.07 Å². The van der Waals surface area contributed by atoms with Crippen molar-refractivity contribution in [3.63, 3.8) is 0 Å². The smallest absolute Gasteiger partial charge is 0.183 e. The summed E-state index contributed by atoms with van der Waals surface area (Å²) in [6.45, 7) is 0.874. The summed E-state index contributed by atoms with van der Waals surface area (Å²) in [7, 11) is 0. The highest BCUT2D eigenvalue weighted by Gasteiger charge is 2.07. The van der Waals surface area contributed by atoms with E-state index in [1.54, 1.807) is 0 Å². The number of aromatic nitrogens is 1. The van der Waals surface area contributed by atoms with Crippen LogP contribution in [0, 0.1) is 0 Å². The molecule has 0 radical (unpaired) electrons. The van der Waals surface area contributed by atoms with Crippen molar-refractivity contribution in [3.05, 3.63) is 72.6 Å². The molecule has 0 aliphatic rings. The molecule has 18 heavy (non-hydrogen) atoms. The number of thiol groups is 1. The molecule has 1 nitrogen and oxygen atoms in total. The zero-order valence-corrected chi connectivity index (χ0v) is 10.8. The molecule has 3 rings (SSSR count). The van der Waals surface area contributed by atoms with Gasteiger partial charge in [0.15, 0.2) is 18.9 Å². The van der Waals surface area contributed by atoms with Crippen molar-refractivity contribution in [2.24, 2.45) is 0 Å². The van der Waals surface area contributed by atoms with Crippen LogP contribution in [0.5, 0.6) is 0 Å². The van der Waals surface area contributed by atoms with E-state index in [1.165, 1.54) is 16.3 Å². The van der Waals surface area contributed by atoms with Gasteiger partial charge in [-0.2, -0.15) is 4.57 Å². The highest BCUT2D eigenvalue weighted by Crippen LogP contribution is 2.19. The lowest BCUT2D eigenvalue weighted by Gasteiger charge is -2.02. The summed E-state index contributed by atoms with van der Waals surface area (Å²) in [6.07, 6.45) is 4.25. The molecular formula is C16H14NS+. The zero-order chi connectivity index (χ0) is 12.4. The normalized spacial score (nSPS) is 10.7. The fourth-order valence-electron chi connectivity index (χ4n) is 2.17. The summed E-state index contributed by atoms with van der Waals surface area (Å²) >= 11 is 4.57. The van der Waals surface area contributed by atoms with Crippen LogP contribution in [0.25, 0.3) is 10.8 Å². The maximum absolute atomic E-state index is 4.57. The topological polar surface area (TPSA) is 3.88 Å². The van der Waals surface area contributed by atoms with E-state index in [-0.39, 0.29) is 0 Å². The Morgan fingerprint density at radius 2 is 1.56 bits per heavy atom. The number of rotatable bonds is 2. The molecule has 0 bridgehead atoms. The second kappa shape index (κ2) is 4.83. The minimum Gasteiger partial charge on any atom is -0.199 e. The molecule has 0 saturated heterocycles. The van der Waals surface area contributed by atoms with E-state index in [0.717, 1.165) is 11.4 Å². The van der Waals surface area contributed by atoms with E-state index in [1.807, 2.05) is 12.1 Å². The van der Waals surface area contributed by atoms with E-state index in [9.17, 15) is 0 Å². The third-order valence-electron chi connectivity index (χ3n) is 3.04. The van der Waals surface area contributed by atoms with Crippen molar-refractivity contribution in [2.75, 3.05) is 0 Å². The van der Waals surface area contributed by atoms with Crippen LogP contribution < -0.4 is 4.57 Å². The molecule has 0 fully saturated rings. The highest BCUT2D eigenvalue weighted by molar-refractivity contribution is 7.80. The average Bonchev–Trinajstić information content (AvgIpc) is 2.40. The van der Waals surface area contributed by atoms with E-state index in [0.29, 0.717) is 0 Å². The fraction of sp³-hybridized carbons (Fsp3) is 0.0625. The Balaban J connectivity index is 2.03. The van der Waals surface area contributed by atoms with Gasteiger partial charge < -0.3 is 0 Å². The first kappa shape index (κ1) is 11.3. The van der Waals surface area contributed by atoms with Crippen molar-refractivity contribution < 1.29 is 4.57 Å². The maximum atomic E-state index is 4.57. The second-order valence-electron chi connectivity index (χ2n) is 4.39. The molecule has 0 aliphatic carbocycles. The van der Waals surface area contributed by atoms with Gasteiger partial charge in [0, 0.05) is 16.3 Å². The van der Waals surface area contributed by atoms with Gasteiger partial charge in [-0.15, -0.1) is 12.6 Å². The number of nitrogens with zero attached hydrogens (tertiary/aromatic N) is 1. The Morgan fingerprint density at radius 3 is 2.39 bits per heavy atom. The molecular weight excluding hydrogens is 238 g/mol. The molecule has 3 aromatic rings. The molecule has 0 aliphatic heterocycles. The maximum Gasteiger partial charge on any atom is 0.183 e. The largest absolute Gasteiger partial charge is 0.199 e. The van der Waals surface area contributed by atoms with Gasteiger partial charge in [-0.1, -0.05) is 48.5 Å². The van der Waals surface area contributed by atoms with Crippen LogP contribution in [0.4, 0.5) is 0 Å². The van der Waals surface area contributed by atoms with Crippen LogP contribution in [0.15, 0.2) is 71.9 Å². The van der Waals surface area contributed by atoms with Crippen LogP contribution in [-0.4, -0.2) is 0 Å². The van der Waals surface area contributed by atoms with Gasteiger partial charge in [0.05, 0.1) is 4.90 Å². The molecule has 2 aromatic carbocycles. The van der Waals surface area contributed by atoms with Gasteiger partial charge in [0.25, 0.3) is 0 Å². The molecule has 0 amide bonds. The standard InChI is InChI=1S/C16H13NS/c18-16-12-17(10-13-6-2-1-3-7-13)11-14-8-4-5-9-15(14)16/h1-9,11-12H,10H2/p+1. The first-order valence-corrected chi connectivity index (χ1v) is 6.42. The van der Waals surface area contributed by atoms with Crippen molar-refractivity contribution >= 4 is 23.4 Å². The van der Waals surface area contributed by atoms with E-state index in [4.69, 9.17) is 0 Å².